The zero-order valence-corrected chi connectivity index (χ0v) is 13.9. The van der Waals surface area contributed by atoms with Crippen molar-refractivity contribution >= 4 is 22.6 Å². The molecule has 0 unspecified atom stereocenters. The van der Waals surface area contributed by atoms with Gasteiger partial charge >= 0.3 is 0 Å². The van der Waals surface area contributed by atoms with Crippen LogP contribution in [0.2, 0.25) is 0 Å². The van der Waals surface area contributed by atoms with Crippen molar-refractivity contribution < 1.29 is 4.74 Å². The van der Waals surface area contributed by atoms with Crippen molar-refractivity contribution in [2.45, 2.75) is 19.9 Å². The maximum Gasteiger partial charge on any atom is 0.218 e. The summed E-state index contributed by atoms with van der Waals surface area (Å²) in [7, 11) is 1.70. The number of halogens is 1. The molecule has 1 aromatic heterocycles. The number of ether oxygens (including phenoxy) is 1. The van der Waals surface area contributed by atoms with E-state index in [9.17, 15) is 0 Å². The summed E-state index contributed by atoms with van der Waals surface area (Å²) in [5, 5.41) is 0. The normalized spacial score (nSPS) is 17.6. The lowest BCUT2D eigenvalue weighted by atomic mass is 10.2. The van der Waals surface area contributed by atoms with Crippen molar-refractivity contribution in [3.63, 3.8) is 0 Å². The Bertz CT molecular complexity index is 406. The van der Waals surface area contributed by atoms with E-state index >= 15 is 0 Å². The van der Waals surface area contributed by atoms with Crippen molar-refractivity contribution in [1.29, 1.82) is 0 Å². The highest BCUT2D eigenvalue weighted by atomic mass is 127. The van der Waals surface area contributed by atoms with Gasteiger partial charge in [-0.3, -0.25) is 4.90 Å². The lowest BCUT2D eigenvalue weighted by Gasteiger charge is -2.34. The van der Waals surface area contributed by atoms with Crippen molar-refractivity contribution in [3.05, 3.63) is 21.4 Å². The maximum atomic E-state index is 5.37. The molecule has 0 atom stereocenters. The molecule has 1 aromatic rings. The molecule has 2 heterocycles. The molecule has 106 valence electrons. The van der Waals surface area contributed by atoms with Crippen LogP contribution in [0.3, 0.4) is 0 Å². The molecule has 0 saturated carbocycles. The Kier molecular flexibility index (Phi) is 5.84. The SMILES string of the molecule is CCCN1CCN(Cc2c(I)ccnc2OC)CC1. The highest BCUT2D eigenvalue weighted by Crippen LogP contribution is 2.23. The predicted octanol–water partition coefficient (Wildman–Crippen LogP) is 2.22. The van der Waals surface area contributed by atoms with Gasteiger partial charge in [0.2, 0.25) is 5.88 Å². The monoisotopic (exact) mass is 375 g/mol. The molecule has 0 bridgehead atoms. The van der Waals surface area contributed by atoms with E-state index < -0.39 is 0 Å². The van der Waals surface area contributed by atoms with Crippen LogP contribution in [0.5, 0.6) is 5.88 Å². The van der Waals surface area contributed by atoms with E-state index in [1.54, 1.807) is 7.11 Å². The van der Waals surface area contributed by atoms with Gasteiger partial charge < -0.3 is 9.64 Å². The molecule has 5 heteroatoms. The first-order chi connectivity index (χ1) is 9.24. The Morgan fingerprint density at radius 1 is 1.26 bits per heavy atom. The smallest absolute Gasteiger partial charge is 0.218 e. The summed E-state index contributed by atoms with van der Waals surface area (Å²) >= 11 is 2.37. The average molecular weight is 375 g/mol. The number of nitrogens with zero attached hydrogens (tertiary/aromatic N) is 3. The molecule has 1 fully saturated rings. The van der Waals surface area contributed by atoms with E-state index in [-0.39, 0.29) is 0 Å². The van der Waals surface area contributed by atoms with E-state index in [1.165, 1.54) is 35.2 Å². The van der Waals surface area contributed by atoms with Crippen LogP contribution in [0.4, 0.5) is 0 Å². The maximum absolute atomic E-state index is 5.37. The van der Waals surface area contributed by atoms with Crippen LogP contribution >= 0.6 is 22.6 Å². The molecular formula is C14H22IN3O. The average Bonchev–Trinajstić information content (AvgIpc) is 2.43. The number of rotatable bonds is 5. The summed E-state index contributed by atoms with van der Waals surface area (Å²) in [6.07, 6.45) is 3.05. The Labute approximate surface area is 129 Å². The van der Waals surface area contributed by atoms with Gasteiger partial charge in [-0.2, -0.15) is 0 Å². The van der Waals surface area contributed by atoms with Crippen LogP contribution in [0, 0.1) is 3.57 Å². The van der Waals surface area contributed by atoms with Crippen LogP contribution in [0.1, 0.15) is 18.9 Å². The molecule has 1 saturated heterocycles. The van der Waals surface area contributed by atoms with Gasteiger partial charge in [0, 0.05) is 48.1 Å². The second-order valence-electron chi connectivity index (χ2n) is 4.90. The zero-order valence-electron chi connectivity index (χ0n) is 11.7. The van der Waals surface area contributed by atoms with Crippen molar-refractivity contribution in [1.82, 2.24) is 14.8 Å². The molecule has 1 aliphatic rings. The summed E-state index contributed by atoms with van der Waals surface area (Å²) in [5.74, 6) is 0.767. The van der Waals surface area contributed by atoms with Gasteiger partial charge in [0.25, 0.3) is 0 Å². The predicted molar refractivity (Wildman–Crippen MR) is 85.5 cm³/mol. The number of pyridine rings is 1. The first-order valence-electron chi connectivity index (χ1n) is 6.86. The van der Waals surface area contributed by atoms with Gasteiger partial charge in [0.05, 0.1) is 7.11 Å². The van der Waals surface area contributed by atoms with Crippen LogP contribution < -0.4 is 4.74 Å². The Balaban J connectivity index is 1.96. The van der Waals surface area contributed by atoms with E-state index in [1.807, 2.05) is 12.3 Å². The number of hydrogen-bond donors (Lipinski definition) is 0. The van der Waals surface area contributed by atoms with Gasteiger partial charge in [-0.25, -0.2) is 4.98 Å². The van der Waals surface area contributed by atoms with Crippen molar-refractivity contribution in [3.8, 4) is 5.88 Å². The number of methoxy groups -OCH3 is 1. The minimum absolute atomic E-state index is 0.767. The minimum Gasteiger partial charge on any atom is -0.481 e. The third-order valence-corrected chi connectivity index (χ3v) is 4.55. The van der Waals surface area contributed by atoms with Gasteiger partial charge in [-0.15, -0.1) is 0 Å². The molecule has 4 nitrogen and oxygen atoms in total. The molecule has 0 aliphatic carbocycles. The van der Waals surface area contributed by atoms with Crippen LogP contribution in [-0.4, -0.2) is 54.6 Å². The van der Waals surface area contributed by atoms with Gasteiger partial charge in [-0.05, 0) is 41.6 Å². The zero-order chi connectivity index (χ0) is 13.7. The van der Waals surface area contributed by atoms with Gasteiger partial charge in [0.15, 0.2) is 0 Å². The Hall–Kier alpha value is -0.400. The van der Waals surface area contributed by atoms with Gasteiger partial charge in [0.1, 0.15) is 0 Å². The number of hydrogen-bond acceptors (Lipinski definition) is 4. The van der Waals surface area contributed by atoms with E-state index in [4.69, 9.17) is 4.74 Å². The van der Waals surface area contributed by atoms with Crippen molar-refractivity contribution in [2.75, 3.05) is 39.8 Å². The molecule has 2 rings (SSSR count). The highest BCUT2D eigenvalue weighted by molar-refractivity contribution is 14.1. The second kappa shape index (κ2) is 7.40. The number of piperazine rings is 1. The quantitative estimate of drug-likeness (QED) is 0.738. The summed E-state index contributed by atoms with van der Waals surface area (Å²) in [6, 6.07) is 2.05. The van der Waals surface area contributed by atoms with Crippen LogP contribution in [-0.2, 0) is 6.54 Å². The molecule has 1 aliphatic heterocycles. The summed E-state index contributed by atoms with van der Waals surface area (Å²) < 4.78 is 6.61. The fraction of sp³-hybridized carbons (Fsp3) is 0.643. The molecule has 0 N–H and O–H groups in total. The van der Waals surface area contributed by atoms with E-state index in [2.05, 4.69) is 44.3 Å². The lowest BCUT2D eigenvalue weighted by Crippen LogP contribution is -2.46. The van der Waals surface area contributed by atoms with Crippen LogP contribution in [0.15, 0.2) is 12.3 Å². The summed E-state index contributed by atoms with van der Waals surface area (Å²) in [6.45, 7) is 9.02. The number of aromatic nitrogens is 1. The highest BCUT2D eigenvalue weighted by Gasteiger charge is 2.19. The Morgan fingerprint density at radius 3 is 2.58 bits per heavy atom. The molecule has 19 heavy (non-hydrogen) atoms. The molecule has 0 radical (unpaired) electrons. The van der Waals surface area contributed by atoms with E-state index in [0.717, 1.165) is 25.5 Å². The molecule has 0 aromatic carbocycles. The van der Waals surface area contributed by atoms with Gasteiger partial charge in [-0.1, -0.05) is 6.92 Å². The fourth-order valence-corrected chi connectivity index (χ4v) is 3.04. The fourth-order valence-electron chi connectivity index (χ4n) is 2.48. The summed E-state index contributed by atoms with van der Waals surface area (Å²) in [5.41, 5.74) is 1.22. The third kappa shape index (κ3) is 4.03. The van der Waals surface area contributed by atoms with Crippen molar-refractivity contribution in [2.24, 2.45) is 0 Å². The molecular weight excluding hydrogens is 353 g/mol. The molecule has 0 spiro atoms. The van der Waals surface area contributed by atoms with Crippen LogP contribution in [0.25, 0.3) is 0 Å². The second-order valence-corrected chi connectivity index (χ2v) is 6.06. The molecule has 0 amide bonds. The summed E-state index contributed by atoms with van der Waals surface area (Å²) in [4.78, 5) is 9.34. The first-order valence-corrected chi connectivity index (χ1v) is 7.94. The standard InChI is InChI=1S/C14H22IN3O/c1-3-6-17-7-9-18(10-8-17)11-12-13(15)4-5-16-14(12)19-2/h4-5H,3,6-11H2,1-2H3. The first kappa shape index (κ1) is 15.0. The topological polar surface area (TPSA) is 28.6 Å². The largest absolute Gasteiger partial charge is 0.481 e. The third-order valence-electron chi connectivity index (χ3n) is 3.54. The Morgan fingerprint density at radius 2 is 1.95 bits per heavy atom. The minimum atomic E-state index is 0.767. The van der Waals surface area contributed by atoms with E-state index in [0.29, 0.717) is 0 Å². The lowest BCUT2D eigenvalue weighted by molar-refractivity contribution is 0.126.